The maximum atomic E-state index is 9.48. The number of aliphatic hydroxyl groups is 1. The summed E-state index contributed by atoms with van der Waals surface area (Å²) in [5.74, 6) is 0. The van der Waals surface area contributed by atoms with E-state index in [1.54, 1.807) is 0 Å². The van der Waals surface area contributed by atoms with Crippen molar-refractivity contribution >= 4 is 22.9 Å². The predicted molar refractivity (Wildman–Crippen MR) is 65.2 cm³/mol. The van der Waals surface area contributed by atoms with E-state index in [1.807, 2.05) is 24.3 Å². The third-order valence-electron chi connectivity index (χ3n) is 2.67. The van der Waals surface area contributed by atoms with E-state index in [1.165, 1.54) is 0 Å². The third kappa shape index (κ3) is 2.11. The highest BCUT2D eigenvalue weighted by atomic mass is 32.1. The maximum Gasteiger partial charge on any atom is 0.106 e. The predicted octanol–water partition coefficient (Wildman–Crippen LogP) is 0.892. The van der Waals surface area contributed by atoms with Crippen molar-refractivity contribution in [2.24, 2.45) is 5.73 Å². The van der Waals surface area contributed by atoms with Gasteiger partial charge in [-0.15, -0.1) is 0 Å². The highest BCUT2D eigenvalue weighted by Gasteiger charge is 2.22. The number of nitrogens with two attached hydrogens (primary N) is 1. The van der Waals surface area contributed by atoms with Gasteiger partial charge in [0, 0.05) is 24.3 Å². The van der Waals surface area contributed by atoms with Crippen LogP contribution in [0.1, 0.15) is 12.0 Å². The zero-order valence-corrected chi connectivity index (χ0v) is 9.20. The molecule has 1 aromatic rings. The minimum absolute atomic E-state index is 0.232. The first-order valence-corrected chi connectivity index (χ1v) is 5.41. The van der Waals surface area contributed by atoms with Crippen LogP contribution in [0.2, 0.25) is 0 Å². The van der Waals surface area contributed by atoms with Gasteiger partial charge in [-0.2, -0.15) is 0 Å². The topological polar surface area (TPSA) is 49.5 Å². The van der Waals surface area contributed by atoms with Gasteiger partial charge in [-0.05, 0) is 18.6 Å². The Bertz CT molecular complexity index is 381. The SMILES string of the molecule is NC(=S)c1ccccc1N1CCC(O)C1. The van der Waals surface area contributed by atoms with Crippen LogP contribution >= 0.6 is 12.2 Å². The molecule has 1 saturated heterocycles. The molecule has 3 nitrogen and oxygen atoms in total. The largest absolute Gasteiger partial charge is 0.391 e. The molecule has 3 N–H and O–H groups in total. The summed E-state index contributed by atoms with van der Waals surface area (Å²) in [5.41, 5.74) is 7.58. The number of nitrogens with zero attached hydrogens (tertiary/aromatic N) is 1. The molecule has 15 heavy (non-hydrogen) atoms. The number of benzene rings is 1. The monoisotopic (exact) mass is 222 g/mol. The summed E-state index contributed by atoms with van der Waals surface area (Å²) in [5, 5.41) is 9.48. The standard InChI is InChI=1S/C11H14N2OS/c12-11(15)9-3-1-2-4-10(9)13-6-5-8(14)7-13/h1-4,8,14H,5-7H2,(H2,12,15). The molecule has 1 heterocycles. The zero-order chi connectivity index (χ0) is 10.8. The van der Waals surface area contributed by atoms with Gasteiger partial charge in [0.05, 0.1) is 6.10 Å². The molecular formula is C11H14N2OS. The summed E-state index contributed by atoms with van der Waals surface area (Å²) in [6.07, 6.45) is 0.579. The minimum Gasteiger partial charge on any atom is -0.391 e. The molecule has 1 unspecified atom stereocenters. The molecule has 2 rings (SSSR count). The van der Waals surface area contributed by atoms with E-state index in [4.69, 9.17) is 18.0 Å². The van der Waals surface area contributed by atoms with Crippen LogP contribution in [-0.2, 0) is 0 Å². The third-order valence-corrected chi connectivity index (χ3v) is 2.89. The summed E-state index contributed by atoms with van der Waals surface area (Å²) in [4.78, 5) is 2.53. The van der Waals surface area contributed by atoms with Gasteiger partial charge < -0.3 is 15.7 Å². The van der Waals surface area contributed by atoms with Crippen LogP contribution in [0.4, 0.5) is 5.69 Å². The van der Waals surface area contributed by atoms with Crippen molar-refractivity contribution < 1.29 is 5.11 Å². The molecule has 1 aliphatic heterocycles. The van der Waals surface area contributed by atoms with E-state index < -0.39 is 0 Å². The summed E-state index contributed by atoms with van der Waals surface area (Å²) < 4.78 is 0. The van der Waals surface area contributed by atoms with Gasteiger partial charge >= 0.3 is 0 Å². The van der Waals surface area contributed by atoms with Crippen molar-refractivity contribution in [1.82, 2.24) is 0 Å². The highest BCUT2D eigenvalue weighted by molar-refractivity contribution is 7.80. The number of rotatable bonds is 2. The van der Waals surface area contributed by atoms with Crippen LogP contribution in [0.15, 0.2) is 24.3 Å². The Morgan fingerprint density at radius 1 is 1.47 bits per heavy atom. The molecule has 0 amide bonds. The van der Waals surface area contributed by atoms with Gasteiger partial charge in [-0.3, -0.25) is 0 Å². The average Bonchev–Trinajstić information content (AvgIpc) is 2.65. The minimum atomic E-state index is -0.232. The molecule has 1 atom stereocenters. The number of para-hydroxylation sites is 1. The fourth-order valence-corrected chi connectivity index (χ4v) is 2.09. The molecule has 0 aromatic heterocycles. The molecule has 0 saturated carbocycles. The van der Waals surface area contributed by atoms with Gasteiger partial charge in [0.25, 0.3) is 0 Å². The molecule has 80 valence electrons. The van der Waals surface area contributed by atoms with Crippen LogP contribution in [0.25, 0.3) is 0 Å². The maximum absolute atomic E-state index is 9.48. The van der Waals surface area contributed by atoms with Gasteiger partial charge in [0.15, 0.2) is 0 Å². The Morgan fingerprint density at radius 2 is 2.20 bits per heavy atom. The van der Waals surface area contributed by atoms with E-state index in [0.717, 1.165) is 24.2 Å². The number of β-amino-alcohol motifs (C(OH)–C–C–N with tert-alkyl or cyclic N) is 1. The van der Waals surface area contributed by atoms with Gasteiger partial charge in [0.1, 0.15) is 4.99 Å². The van der Waals surface area contributed by atoms with Crippen molar-refractivity contribution in [2.75, 3.05) is 18.0 Å². The number of aliphatic hydroxyl groups excluding tert-OH is 1. The average molecular weight is 222 g/mol. The van der Waals surface area contributed by atoms with Crippen LogP contribution in [-0.4, -0.2) is 29.3 Å². The molecule has 4 heteroatoms. The lowest BCUT2D eigenvalue weighted by molar-refractivity contribution is 0.198. The summed E-state index contributed by atoms with van der Waals surface area (Å²) in [7, 11) is 0. The molecule has 0 spiro atoms. The van der Waals surface area contributed by atoms with Crippen LogP contribution in [0.5, 0.6) is 0 Å². The van der Waals surface area contributed by atoms with Crippen molar-refractivity contribution in [3.05, 3.63) is 29.8 Å². The zero-order valence-electron chi connectivity index (χ0n) is 8.39. The first-order chi connectivity index (χ1) is 7.18. The van der Waals surface area contributed by atoms with Gasteiger partial charge in [0.2, 0.25) is 0 Å². The van der Waals surface area contributed by atoms with Gasteiger partial charge in [-0.1, -0.05) is 24.4 Å². The second-order valence-electron chi connectivity index (χ2n) is 3.77. The Balaban J connectivity index is 2.31. The number of hydrogen-bond donors (Lipinski definition) is 2. The van der Waals surface area contributed by atoms with E-state index in [2.05, 4.69) is 4.90 Å². The molecule has 0 bridgehead atoms. The molecular weight excluding hydrogens is 208 g/mol. The number of thiocarbonyl (C=S) groups is 1. The second kappa shape index (κ2) is 4.16. The van der Waals surface area contributed by atoms with Crippen LogP contribution in [0, 0.1) is 0 Å². The fourth-order valence-electron chi connectivity index (χ4n) is 1.92. The van der Waals surface area contributed by atoms with Crippen molar-refractivity contribution in [1.29, 1.82) is 0 Å². The number of hydrogen-bond acceptors (Lipinski definition) is 3. The fraction of sp³-hybridized carbons (Fsp3) is 0.364. The second-order valence-corrected chi connectivity index (χ2v) is 4.21. The smallest absolute Gasteiger partial charge is 0.106 e. The van der Waals surface area contributed by atoms with Crippen LogP contribution in [0.3, 0.4) is 0 Å². The summed E-state index contributed by atoms with van der Waals surface area (Å²) in [6, 6.07) is 7.79. The lowest BCUT2D eigenvalue weighted by Crippen LogP contribution is -2.24. The summed E-state index contributed by atoms with van der Waals surface area (Å²) in [6.45, 7) is 1.53. The molecule has 0 radical (unpaired) electrons. The Labute approximate surface area is 94.5 Å². The summed E-state index contributed by atoms with van der Waals surface area (Å²) >= 11 is 5.00. The normalized spacial score (nSPS) is 20.6. The lowest BCUT2D eigenvalue weighted by Gasteiger charge is -2.20. The van der Waals surface area contributed by atoms with E-state index in [9.17, 15) is 5.11 Å². The first-order valence-electron chi connectivity index (χ1n) is 5.00. The lowest BCUT2D eigenvalue weighted by atomic mass is 10.1. The van der Waals surface area contributed by atoms with Gasteiger partial charge in [-0.25, -0.2) is 0 Å². The van der Waals surface area contributed by atoms with Crippen molar-refractivity contribution in [3.8, 4) is 0 Å². The van der Waals surface area contributed by atoms with E-state index in [0.29, 0.717) is 11.5 Å². The molecule has 1 aromatic carbocycles. The molecule has 0 aliphatic carbocycles. The number of anilines is 1. The Kier molecular flexibility index (Phi) is 2.88. The molecule has 1 fully saturated rings. The van der Waals surface area contributed by atoms with E-state index in [-0.39, 0.29) is 6.10 Å². The first kappa shape index (κ1) is 10.4. The Hall–Kier alpha value is -1.13. The quantitative estimate of drug-likeness (QED) is 0.730. The van der Waals surface area contributed by atoms with Crippen molar-refractivity contribution in [2.45, 2.75) is 12.5 Å². The Morgan fingerprint density at radius 3 is 2.80 bits per heavy atom. The van der Waals surface area contributed by atoms with Crippen molar-refractivity contribution in [3.63, 3.8) is 0 Å². The molecule has 1 aliphatic rings. The van der Waals surface area contributed by atoms with Crippen LogP contribution < -0.4 is 10.6 Å². The highest BCUT2D eigenvalue weighted by Crippen LogP contribution is 2.24. The van der Waals surface area contributed by atoms with E-state index >= 15 is 0 Å².